The van der Waals surface area contributed by atoms with E-state index in [0.29, 0.717) is 5.69 Å². The molecule has 1 aromatic carbocycles. The number of benzene rings is 1. The van der Waals surface area contributed by atoms with Crippen molar-refractivity contribution in [1.82, 2.24) is 0 Å². The van der Waals surface area contributed by atoms with Gasteiger partial charge in [-0.3, -0.25) is 5.84 Å². The SMILES string of the molecule is CCc1ccc(NN)c(OC(F)F)c1. The van der Waals surface area contributed by atoms with Gasteiger partial charge in [0.15, 0.2) is 5.75 Å². The average molecular weight is 202 g/mol. The van der Waals surface area contributed by atoms with E-state index in [1.54, 1.807) is 18.2 Å². The van der Waals surface area contributed by atoms with Crippen molar-refractivity contribution in [3.63, 3.8) is 0 Å². The third-order valence-corrected chi connectivity index (χ3v) is 1.83. The summed E-state index contributed by atoms with van der Waals surface area (Å²) < 4.78 is 28.3. The van der Waals surface area contributed by atoms with Crippen LogP contribution in [-0.4, -0.2) is 6.61 Å². The average Bonchev–Trinajstić information content (AvgIpc) is 2.16. The van der Waals surface area contributed by atoms with Crippen LogP contribution >= 0.6 is 0 Å². The first-order valence-corrected chi connectivity index (χ1v) is 4.21. The molecule has 78 valence electrons. The zero-order chi connectivity index (χ0) is 10.6. The molecule has 14 heavy (non-hydrogen) atoms. The highest BCUT2D eigenvalue weighted by molar-refractivity contribution is 5.56. The Bertz CT molecular complexity index is 305. The van der Waals surface area contributed by atoms with Gasteiger partial charge in [0.05, 0.1) is 5.69 Å². The highest BCUT2D eigenvalue weighted by Gasteiger charge is 2.09. The molecule has 0 spiro atoms. The summed E-state index contributed by atoms with van der Waals surface area (Å²) in [4.78, 5) is 0. The maximum absolute atomic E-state index is 12.0. The minimum atomic E-state index is -2.84. The van der Waals surface area contributed by atoms with E-state index in [-0.39, 0.29) is 5.75 Å². The number of hydrazine groups is 1. The van der Waals surface area contributed by atoms with E-state index in [9.17, 15) is 8.78 Å². The van der Waals surface area contributed by atoms with Crippen LogP contribution in [-0.2, 0) is 6.42 Å². The Kier molecular flexibility index (Phi) is 3.64. The number of alkyl halides is 2. The lowest BCUT2D eigenvalue weighted by atomic mass is 10.1. The maximum atomic E-state index is 12.0. The van der Waals surface area contributed by atoms with E-state index < -0.39 is 6.61 Å². The monoisotopic (exact) mass is 202 g/mol. The fraction of sp³-hybridized carbons (Fsp3) is 0.333. The highest BCUT2D eigenvalue weighted by atomic mass is 19.3. The van der Waals surface area contributed by atoms with E-state index in [2.05, 4.69) is 10.2 Å². The Morgan fingerprint density at radius 3 is 2.71 bits per heavy atom. The second-order valence-electron chi connectivity index (χ2n) is 2.71. The molecule has 0 fully saturated rings. The molecule has 0 saturated heterocycles. The number of nitrogens with one attached hydrogen (secondary N) is 1. The molecular weight excluding hydrogens is 190 g/mol. The third-order valence-electron chi connectivity index (χ3n) is 1.83. The number of anilines is 1. The number of halogens is 2. The molecule has 0 saturated carbocycles. The molecule has 0 atom stereocenters. The van der Waals surface area contributed by atoms with Crippen LogP contribution in [0.15, 0.2) is 18.2 Å². The lowest BCUT2D eigenvalue weighted by Gasteiger charge is -2.11. The molecule has 0 amide bonds. The summed E-state index contributed by atoms with van der Waals surface area (Å²) in [5.74, 6) is 5.21. The molecule has 0 aliphatic rings. The summed E-state index contributed by atoms with van der Waals surface area (Å²) in [6.07, 6.45) is 0.754. The predicted molar refractivity (Wildman–Crippen MR) is 50.3 cm³/mol. The highest BCUT2D eigenvalue weighted by Crippen LogP contribution is 2.26. The van der Waals surface area contributed by atoms with Gasteiger partial charge in [-0.1, -0.05) is 13.0 Å². The molecule has 0 aliphatic carbocycles. The molecule has 0 aliphatic heterocycles. The second kappa shape index (κ2) is 4.76. The summed E-state index contributed by atoms with van der Waals surface area (Å²) in [6, 6.07) is 4.95. The van der Waals surface area contributed by atoms with Crippen molar-refractivity contribution in [2.75, 3.05) is 5.43 Å². The van der Waals surface area contributed by atoms with Crippen molar-refractivity contribution in [3.8, 4) is 5.75 Å². The molecule has 0 aromatic heterocycles. The first-order valence-electron chi connectivity index (χ1n) is 4.21. The van der Waals surface area contributed by atoms with Gasteiger partial charge in [-0.05, 0) is 24.1 Å². The minimum absolute atomic E-state index is 0.0712. The number of hydrogen-bond acceptors (Lipinski definition) is 3. The topological polar surface area (TPSA) is 47.3 Å². The third kappa shape index (κ3) is 2.56. The van der Waals surface area contributed by atoms with Crippen molar-refractivity contribution in [3.05, 3.63) is 23.8 Å². The molecule has 0 bridgehead atoms. The van der Waals surface area contributed by atoms with Gasteiger partial charge in [0.2, 0.25) is 0 Å². The van der Waals surface area contributed by atoms with E-state index in [0.717, 1.165) is 12.0 Å². The van der Waals surface area contributed by atoms with Crippen LogP contribution in [0, 0.1) is 0 Å². The van der Waals surface area contributed by atoms with Gasteiger partial charge in [-0.15, -0.1) is 0 Å². The first kappa shape index (κ1) is 10.7. The lowest BCUT2D eigenvalue weighted by Crippen LogP contribution is -2.11. The largest absolute Gasteiger partial charge is 0.433 e. The van der Waals surface area contributed by atoms with Crippen LogP contribution in [0.2, 0.25) is 0 Å². The van der Waals surface area contributed by atoms with Gasteiger partial charge >= 0.3 is 6.61 Å². The van der Waals surface area contributed by atoms with Crippen LogP contribution in [0.25, 0.3) is 0 Å². The molecule has 5 heteroatoms. The molecule has 1 rings (SSSR count). The van der Waals surface area contributed by atoms with Crippen LogP contribution < -0.4 is 16.0 Å². The van der Waals surface area contributed by atoms with Crippen molar-refractivity contribution in [2.45, 2.75) is 20.0 Å². The molecule has 0 radical (unpaired) electrons. The lowest BCUT2D eigenvalue weighted by molar-refractivity contribution is -0.0494. The number of ether oxygens (including phenoxy) is 1. The fourth-order valence-corrected chi connectivity index (χ4v) is 1.10. The molecule has 0 unspecified atom stereocenters. The summed E-state index contributed by atoms with van der Waals surface area (Å²) in [7, 11) is 0. The number of aryl methyl sites for hydroxylation is 1. The Morgan fingerprint density at radius 2 is 2.21 bits per heavy atom. The summed E-state index contributed by atoms with van der Waals surface area (Å²) in [6.45, 7) is -0.911. The number of nitrogens with two attached hydrogens (primary N) is 1. The van der Waals surface area contributed by atoms with Crippen molar-refractivity contribution in [2.24, 2.45) is 5.84 Å². The molecular formula is C9H12F2N2O. The molecule has 1 aromatic rings. The first-order chi connectivity index (χ1) is 6.67. The number of hydrogen-bond donors (Lipinski definition) is 2. The van der Waals surface area contributed by atoms with Crippen molar-refractivity contribution < 1.29 is 13.5 Å². The van der Waals surface area contributed by atoms with Crippen LogP contribution in [0.4, 0.5) is 14.5 Å². The van der Waals surface area contributed by atoms with Crippen molar-refractivity contribution >= 4 is 5.69 Å². The predicted octanol–water partition coefficient (Wildman–Crippen LogP) is 2.14. The Hall–Kier alpha value is -1.36. The van der Waals surface area contributed by atoms with E-state index in [1.807, 2.05) is 6.92 Å². The zero-order valence-corrected chi connectivity index (χ0v) is 7.76. The summed E-state index contributed by atoms with van der Waals surface area (Å²) in [5.41, 5.74) is 3.56. The van der Waals surface area contributed by atoms with Gasteiger partial charge in [0.25, 0.3) is 0 Å². The van der Waals surface area contributed by atoms with Crippen LogP contribution in [0.1, 0.15) is 12.5 Å². The Labute approximate surface area is 80.8 Å². The molecule has 3 nitrogen and oxygen atoms in total. The Morgan fingerprint density at radius 1 is 1.50 bits per heavy atom. The fourth-order valence-electron chi connectivity index (χ4n) is 1.10. The summed E-state index contributed by atoms with van der Waals surface area (Å²) >= 11 is 0. The summed E-state index contributed by atoms with van der Waals surface area (Å²) in [5, 5.41) is 0. The molecule has 0 heterocycles. The van der Waals surface area contributed by atoms with Gasteiger partial charge in [0.1, 0.15) is 0 Å². The zero-order valence-electron chi connectivity index (χ0n) is 7.76. The van der Waals surface area contributed by atoms with E-state index >= 15 is 0 Å². The van der Waals surface area contributed by atoms with E-state index in [4.69, 9.17) is 5.84 Å². The van der Waals surface area contributed by atoms with Gasteiger partial charge in [-0.2, -0.15) is 8.78 Å². The maximum Gasteiger partial charge on any atom is 0.387 e. The standard InChI is InChI=1S/C9H12F2N2O/c1-2-6-3-4-7(13-12)8(5-6)14-9(10)11/h3-5,9,13H,2,12H2,1H3. The van der Waals surface area contributed by atoms with Crippen molar-refractivity contribution in [1.29, 1.82) is 0 Å². The minimum Gasteiger partial charge on any atom is -0.433 e. The Balaban J connectivity index is 2.96. The van der Waals surface area contributed by atoms with Crippen LogP contribution in [0.3, 0.4) is 0 Å². The quantitative estimate of drug-likeness (QED) is 0.580. The molecule has 3 N–H and O–H groups in total. The van der Waals surface area contributed by atoms with E-state index in [1.165, 1.54) is 0 Å². The van der Waals surface area contributed by atoms with Gasteiger partial charge < -0.3 is 10.2 Å². The normalized spacial score (nSPS) is 10.4. The second-order valence-corrected chi connectivity index (χ2v) is 2.71. The number of rotatable bonds is 4. The smallest absolute Gasteiger partial charge is 0.387 e. The van der Waals surface area contributed by atoms with Gasteiger partial charge in [0, 0.05) is 0 Å². The van der Waals surface area contributed by atoms with Crippen LogP contribution in [0.5, 0.6) is 5.75 Å². The number of nitrogen functional groups attached to an aromatic ring is 1. The van der Waals surface area contributed by atoms with Gasteiger partial charge in [-0.25, -0.2) is 0 Å².